The lowest BCUT2D eigenvalue weighted by Gasteiger charge is -2.23. The SMILES string of the molecule is CCCCCN(Cc1ccc(F)cc1)C(=O)c1cccc(S(C)(=O)=O)c1. The fraction of sp³-hybridized carbons (Fsp3) is 0.350. The Balaban J connectivity index is 2.25. The van der Waals surface area contributed by atoms with Gasteiger partial charge in [0, 0.05) is 24.9 Å². The Bertz CT molecular complexity index is 848. The second-order valence-corrected chi connectivity index (χ2v) is 8.38. The molecule has 2 rings (SSSR count). The summed E-state index contributed by atoms with van der Waals surface area (Å²) >= 11 is 0. The van der Waals surface area contributed by atoms with Crippen molar-refractivity contribution in [3.63, 3.8) is 0 Å². The number of halogens is 1. The maximum atomic E-state index is 13.1. The number of carbonyl (C=O) groups excluding carboxylic acids is 1. The molecule has 0 bridgehead atoms. The van der Waals surface area contributed by atoms with Gasteiger partial charge in [-0.15, -0.1) is 0 Å². The molecule has 0 saturated heterocycles. The first kappa shape index (κ1) is 20.1. The average molecular weight is 377 g/mol. The highest BCUT2D eigenvalue weighted by Gasteiger charge is 2.18. The van der Waals surface area contributed by atoms with Gasteiger partial charge >= 0.3 is 0 Å². The molecule has 1 amide bonds. The van der Waals surface area contributed by atoms with E-state index in [2.05, 4.69) is 6.92 Å². The lowest BCUT2D eigenvalue weighted by Crippen LogP contribution is -2.31. The van der Waals surface area contributed by atoms with Crippen molar-refractivity contribution in [2.24, 2.45) is 0 Å². The van der Waals surface area contributed by atoms with Gasteiger partial charge in [-0.2, -0.15) is 0 Å². The minimum atomic E-state index is -3.38. The topological polar surface area (TPSA) is 54.5 Å². The summed E-state index contributed by atoms with van der Waals surface area (Å²) in [5, 5.41) is 0. The van der Waals surface area contributed by atoms with E-state index in [0.717, 1.165) is 31.1 Å². The molecular formula is C20H24FNO3S. The predicted molar refractivity (Wildman–Crippen MR) is 100 cm³/mol. The van der Waals surface area contributed by atoms with Crippen LogP contribution in [0.5, 0.6) is 0 Å². The minimum Gasteiger partial charge on any atom is -0.334 e. The Morgan fingerprint density at radius 3 is 2.38 bits per heavy atom. The van der Waals surface area contributed by atoms with Gasteiger partial charge in [-0.25, -0.2) is 12.8 Å². The summed E-state index contributed by atoms with van der Waals surface area (Å²) in [7, 11) is -3.38. The zero-order valence-electron chi connectivity index (χ0n) is 15.1. The highest BCUT2D eigenvalue weighted by atomic mass is 32.2. The number of hydrogen-bond acceptors (Lipinski definition) is 3. The van der Waals surface area contributed by atoms with E-state index in [9.17, 15) is 17.6 Å². The standard InChI is InChI=1S/C20H24FNO3S/c1-3-4-5-13-22(15-16-9-11-18(21)12-10-16)20(23)17-7-6-8-19(14-17)26(2,24)25/h6-12,14H,3-5,13,15H2,1-2H3. The molecule has 0 heterocycles. The van der Waals surface area contributed by atoms with Crippen LogP contribution in [0.1, 0.15) is 42.1 Å². The number of benzene rings is 2. The third kappa shape index (κ3) is 5.66. The first-order valence-corrected chi connectivity index (χ1v) is 10.5. The largest absolute Gasteiger partial charge is 0.334 e. The third-order valence-electron chi connectivity index (χ3n) is 4.11. The smallest absolute Gasteiger partial charge is 0.254 e. The van der Waals surface area contributed by atoms with Crippen LogP contribution in [0.3, 0.4) is 0 Å². The maximum Gasteiger partial charge on any atom is 0.254 e. The molecule has 0 spiro atoms. The van der Waals surface area contributed by atoms with Crippen molar-refractivity contribution in [2.75, 3.05) is 12.8 Å². The normalized spacial score (nSPS) is 11.3. The van der Waals surface area contributed by atoms with Crippen LogP contribution >= 0.6 is 0 Å². The van der Waals surface area contributed by atoms with Crippen LogP contribution in [-0.2, 0) is 16.4 Å². The molecule has 0 atom stereocenters. The quantitative estimate of drug-likeness (QED) is 0.652. The third-order valence-corrected chi connectivity index (χ3v) is 5.22. The van der Waals surface area contributed by atoms with Gasteiger partial charge in [0.2, 0.25) is 0 Å². The van der Waals surface area contributed by atoms with Crippen LogP contribution in [0.25, 0.3) is 0 Å². The zero-order valence-corrected chi connectivity index (χ0v) is 15.9. The van der Waals surface area contributed by atoms with Gasteiger partial charge in [-0.3, -0.25) is 4.79 Å². The van der Waals surface area contributed by atoms with Gasteiger partial charge in [-0.05, 0) is 42.3 Å². The second kappa shape index (κ2) is 8.94. The highest BCUT2D eigenvalue weighted by Crippen LogP contribution is 2.16. The number of unbranched alkanes of at least 4 members (excludes halogenated alkanes) is 2. The first-order valence-electron chi connectivity index (χ1n) is 8.65. The second-order valence-electron chi connectivity index (χ2n) is 6.36. The molecule has 0 aromatic heterocycles. The molecule has 6 heteroatoms. The van der Waals surface area contributed by atoms with Crippen molar-refractivity contribution in [3.05, 3.63) is 65.5 Å². The molecule has 0 N–H and O–H groups in total. The van der Waals surface area contributed by atoms with Crippen LogP contribution in [-0.4, -0.2) is 32.0 Å². The van der Waals surface area contributed by atoms with Crippen LogP contribution in [0.15, 0.2) is 53.4 Å². The van der Waals surface area contributed by atoms with Crippen molar-refractivity contribution in [2.45, 2.75) is 37.6 Å². The van der Waals surface area contributed by atoms with Crippen LogP contribution in [0, 0.1) is 5.82 Å². The Labute approximate surface area is 154 Å². The summed E-state index contributed by atoms with van der Waals surface area (Å²) in [6.45, 7) is 3.00. The first-order chi connectivity index (χ1) is 12.3. The molecule has 0 unspecified atom stereocenters. The van der Waals surface area contributed by atoms with Crippen LogP contribution < -0.4 is 0 Å². The van der Waals surface area contributed by atoms with Gasteiger partial charge < -0.3 is 4.90 Å². The van der Waals surface area contributed by atoms with E-state index in [1.807, 2.05) is 0 Å². The molecular weight excluding hydrogens is 353 g/mol. The summed E-state index contributed by atoms with van der Waals surface area (Å²) in [5.74, 6) is -0.547. The van der Waals surface area contributed by atoms with Crippen molar-refractivity contribution < 1.29 is 17.6 Å². The molecule has 140 valence electrons. The molecule has 0 radical (unpaired) electrons. The van der Waals surface area contributed by atoms with E-state index in [4.69, 9.17) is 0 Å². The van der Waals surface area contributed by atoms with E-state index < -0.39 is 9.84 Å². The number of rotatable bonds is 8. The lowest BCUT2D eigenvalue weighted by atomic mass is 10.1. The Morgan fingerprint density at radius 2 is 1.77 bits per heavy atom. The Morgan fingerprint density at radius 1 is 1.08 bits per heavy atom. The van der Waals surface area contributed by atoms with Gasteiger partial charge in [-0.1, -0.05) is 38.0 Å². The summed E-state index contributed by atoms with van der Waals surface area (Å²) < 4.78 is 36.6. The van der Waals surface area contributed by atoms with Gasteiger partial charge in [0.1, 0.15) is 5.82 Å². The van der Waals surface area contributed by atoms with Gasteiger partial charge in [0.15, 0.2) is 9.84 Å². The number of sulfone groups is 1. The van der Waals surface area contributed by atoms with E-state index in [1.54, 1.807) is 29.2 Å². The number of hydrogen-bond donors (Lipinski definition) is 0. The van der Waals surface area contributed by atoms with Crippen LogP contribution in [0.2, 0.25) is 0 Å². The van der Waals surface area contributed by atoms with E-state index in [0.29, 0.717) is 18.7 Å². The highest BCUT2D eigenvalue weighted by molar-refractivity contribution is 7.90. The molecule has 26 heavy (non-hydrogen) atoms. The summed E-state index contributed by atoms with van der Waals surface area (Å²) in [6, 6.07) is 12.1. The fourth-order valence-corrected chi connectivity index (χ4v) is 3.32. The lowest BCUT2D eigenvalue weighted by molar-refractivity contribution is 0.0740. The molecule has 0 saturated carbocycles. The zero-order chi connectivity index (χ0) is 19.2. The molecule has 0 aliphatic rings. The number of carbonyl (C=O) groups is 1. The summed E-state index contributed by atoms with van der Waals surface area (Å²) in [6.07, 6.45) is 4.00. The van der Waals surface area contributed by atoms with Gasteiger partial charge in [0.25, 0.3) is 5.91 Å². The van der Waals surface area contributed by atoms with E-state index in [1.165, 1.54) is 24.3 Å². The summed E-state index contributed by atoms with van der Waals surface area (Å²) in [5.41, 5.74) is 1.17. The predicted octanol–water partition coefficient (Wildman–Crippen LogP) is 4.06. The van der Waals surface area contributed by atoms with Crippen molar-refractivity contribution in [3.8, 4) is 0 Å². The van der Waals surface area contributed by atoms with Crippen LogP contribution in [0.4, 0.5) is 4.39 Å². The van der Waals surface area contributed by atoms with E-state index in [-0.39, 0.29) is 16.6 Å². The molecule has 4 nitrogen and oxygen atoms in total. The molecule has 0 fully saturated rings. The molecule has 0 aliphatic heterocycles. The Kier molecular flexibility index (Phi) is 6.91. The minimum absolute atomic E-state index is 0.124. The molecule has 2 aromatic carbocycles. The Hall–Kier alpha value is -2.21. The van der Waals surface area contributed by atoms with Crippen molar-refractivity contribution in [1.82, 2.24) is 4.90 Å². The number of nitrogens with zero attached hydrogens (tertiary/aromatic N) is 1. The van der Waals surface area contributed by atoms with Gasteiger partial charge in [0.05, 0.1) is 4.90 Å². The fourth-order valence-electron chi connectivity index (χ4n) is 2.66. The average Bonchev–Trinajstić information content (AvgIpc) is 2.61. The van der Waals surface area contributed by atoms with Crippen molar-refractivity contribution in [1.29, 1.82) is 0 Å². The monoisotopic (exact) mass is 377 g/mol. The summed E-state index contributed by atoms with van der Waals surface area (Å²) in [4.78, 5) is 14.8. The number of amides is 1. The molecule has 2 aromatic rings. The van der Waals surface area contributed by atoms with E-state index >= 15 is 0 Å². The van der Waals surface area contributed by atoms with Crippen molar-refractivity contribution >= 4 is 15.7 Å². The maximum absolute atomic E-state index is 13.1. The molecule has 0 aliphatic carbocycles.